The van der Waals surface area contributed by atoms with Gasteiger partial charge in [-0.2, -0.15) is 0 Å². The standard InChI is InChI=1S/C9H10N6S/c1-15-9(12-13-14-15)16-7-5-3-2-4-6(7)8(10)11/h2-5H,1H3,(H3,10,11). The van der Waals surface area contributed by atoms with E-state index in [1.54, 1.807) is 17.8 Å². The summed E-state index contributed by atoms with van der Waals surface area (Å²) in [5.74, 6) is 0.0400. The van der Waals surface area contributed by atoms with Gasteiger partial charge in [0, 0.05) is 17.5 Å². The predicted molar refractivity (Wildman–Crippen MR) is 60.4 cm³/mol. The zero-order chi connectivity index (χ0) is 11.5. The smallest absolute Gasteiger partial charge is 0.213 e. The Morgan fingerprint density at radius 3 is 2.81 bits per heavy atom. The molecule has 82 valence electrons. The van der Waals surface area contributed by atoms with Crippen molar-refractivity contribution in [3.63, 3.8) is 0 Å². The number of amidine groups is 1. The zero-order valence-corrected chi connectivity index (χ0v) is 9.40. The Bertz CT molecular complexity index is 520. The number of rotatable bonds is 3. The average Bonchev–Trinajstić information content (AvgIpc) is 2.65. The van der Waals surface area contributed by atoms with Gasteiger partial charge in [0.05, 0.1) is 0 Å². The molecule has 6 nitrogen and oxygen atoms in total. The Morgan fingerprint density at radius 1 is 1.44 bits per heavy atom. The minimum absolute atomic E-state index is 0.0400. The molecule has 0 spiro atoms. The van der Waals surface area contributed by atoms with Crippen LogP contribution in [0.2, 0.25) is 0 Å². The Labute approximate surface area is 96.4 Å². The summed E-state index contributed by atoms with van der Waals surface area (Å²) in [7, 11) is 1.76. The van der Waals surface area contributed by atoms with Crippen molar-refractivity contribution in [3.05, 3.63) is 29.8 Å². The van der Waals surface area contributed by atoms with Crippen LogP contribution >= 0.6 is 11.8 Å². The number of nitrogens with zero attached hydrogens (tertiary/aromatic N) is 4. The van der Waals surface area contributed by atoms with Crippen molar-refractivity contribution in [2.24, 2.45) is 12.8 Å². The van der Waals surface area contributed by atoms with E-state index in [2.05, 4.69) is 15.5 Å². The second kappa shape index (κ2) is 4.31. The largest absolute Gasteiger partial charge is 0.384 e. The van der Waals surface area contributed by atoms with Crippen molar-refractivity contribution >= 4 is 17.6 Å². The number of benzene rings is 1. The first-order chi connectivity index (χ1) is 7.68. The number of tetrazole rings is 1. The summed E-state index contributed by atoms with van der Waals surface area (Å²) in [6.45, 7) is 0. The number of nitrogen functional groups attached to an aromatic ring is 1. The van der Waals surface area contributed by atoms with Crippen molar-refractivity contribution in [1.82, 2.24) is 20.2 Å². The lowest BCUT2D eigenvalue weighted by molar-refractivity contribution is 0.664. The number of aromatic nitrogens is 4. The van der Waals surface area contributed by atoms with Gasteiger partial charge < -0.3 is 5.73 Å². The van der Waals surface area contributed by atoms with Crippen LogP contribution in [0.1, 0.15) is 5.56 Å². The summed E-state index contributed by atoms with van der Waals surface area (Å²) in [5.41, 5.74) is 6.18. The van der Waals surface area contributed by atoms with Crippen molar-refractivity contribution < 1.29 is 0 Å². The summed E-state index contributed by atoms with van der Waals surface area (Å²) >= 11 is 1.38. The van der Waals surface area contributed by atoms with E-state index in [1.165, 1.54) is 11.8 Å². The van der Waals surface area contributed by atoms with Crippen LogP contribution in [0.4, 0.5) is 0 Å². The highest BCUT2D eigenvalue weighted by Crippen LogP contribution is 2.27. The first-order valence-corrected chi connectivity index (χ1v) is 5.34. The molecule has 0 aliphatic carbocycles. The molecule has 0 saturated carbocycles. The van der Waals surface area contributed by atoms with Crippen molar-refractivity contribution in [2.45, 2.75) is 10.1 Å². The van der Waals surface area contributed by atoms with Gasteiger partial charge in [-0.25, -0.2) is 4.68 Å². The molecule has 2 rings (SSSR count). The highest BCUT2D eigenvalue weighted by molar-refractivity contribution is 7.99. The third kappa shape index (κ3) is 2.03. The summed E-state index contributed by atoms with van der Waals surface area (Å²) < 4.78 is 1.57. The molecule has 0 fully saturated rings. The lowest BCUT2D eigenvalue weighted by Gasteiger charge is -2.05. The van der Waals surface area contributed by atoms with Gasteiger partial charge in [-0.3, -0.25) is 5.41 Å². The fourth-order valence-electron chi connectivity index (χ4n) is 1.18. The average molecular weight is 234 g/mol. The minimum atomic E-state index is 0.0400. The zero-order valence-electron chi connectivity index (χ0n) is 8.58. The molecule has 1 aromatic heterocycles. The fraction of sp³-hybridized carbons (Fsp3) is 0.111. The van der Waals surface area contributed by atoms with Gasteiger partial charge in [-0.1, -0.05) is 18.2 Å². The SMILES string of the molecule is Cn1nnnc1Sc1ccccc1C(=N)N. The van der Waals surface area contributed by atoms with Gasteiger partial charge in [-0.15, -0.1) is 5.10 Å². The third-order valence-electron chi connectivity index (χ3n) is 1.96. The molecular weight excluding hydrogens is 224 g/mol. The maximum atomic E-state index is 7.46. The molecule has 0 radical (unpaired) electrons. The normalized spacial score (nSPS) is 10.3. The van der Waals surface area contributed by atoms with Crippen LogP contribution in [0.25, 0.3) is 0 Å². The van der Waals surface area contributed by atoms with E-state index >= 15 is 0 Å². The molecular formula is C9H10N6S. The highest BCUT2D eigenvalue weighted by Gasteiger charge is 2.09. The van der Waals surface area contributed by atoms with Crippen LogP contribution in [0.5, 0.6) is 0 Å². The van der Waals surface area contributed by atoms with E-state index in [1.807, 2.05) is 18.2 Å². The van der Waals surface area contributed by atoms with Gasteiger partial charge >= 0.3 is 0 Å². The Hall–Kier alpha value is -1.89. The minimum Gasteiger partial charge on any atom is -0.384 e. The van der Waals surface area contributed by atoms with Gasteiger partial charge in [0.1, 0.15) is 5.84 Å². The summed E-state index contributed by atoms with van der Waals surface area (Å²) in [5, 5.41) is 19.3. The Balaban J connectivity index is 2.35. The van der Waals surface area contributed by atoms with Crippen LogP contribution in [-0.2, 0) is 7.05 Å². The molecule has 1 heterocycles. The maximum absolute atomic E-state index is 7.46. The molecule has 0 bridgehead atoms. The Kier molecular flexibility index (Phi) is 2.86. The first kappa shape index (κ1) is 10.6. The first-order valence-electron chi connectivity index (χ1n) is 4.52. The molecule has 0 aliphatic heterocycles. The van der Waals surface area contributed by atoms with Crippen LogP contribution in [0.3, 0.4) is 0 Å². The van der Waals surface area contributed by atoms with Gasteiger partial charge in [0.25, 0.3) is 0 Å². The van der Waals surface area contributed by atoms with Crippen molar-refractivity contribution in [2.75, 3.05) is 0 Å². The molecule has 1 aromatic carbocycles. The second-order valence-corrected chi connectivity index (χ2v) is 4.11. The van der Waals surface area contributed by atoms with E-state index in [0.29, 0.717) is 10.7 Å². The second-order valence-electron chi connectivity index (χ2n) is 3.10. The maximum Gasteiger partial charge on any atom is 0.213 e. The quantitative estimate of drug-likeness (QED) is 0.600. The number of aryl methyl sites for hydroxylation is 1. The molecule has 7 heteroatoms. The van der Waals surface area contributed by atoms with E-state index < -0.39 is 0 Å². The number of nitrogens with two attached hydrogens (primary N) is 1. The molecule has 0 unspecified atom stereocenters. The lowest BCUT2D eigenvalue weighted by atomic mass is 10.2. The van der Waals surface area contributed by atoms with Crippen molar-refractivity contribution in [1.29, 1.82) is 5.41 Å². The summed E-state index contributed by atoms with van der Waals surface area (Å²) in [4.78, 5) is 0.868. The highest BCUT2D eigenvalue weighted by atomic mass is 32.2. The van der Waals surface area contributed by atoms with Crippen LogP contribution in [0.15, 0.2) is 34.3 Å². The monoisotopic (exact) mass is 234 g/mol. The van der Waals surface area contributed by atoms with Crippen LogP contribution in [0, 0.1) is 5.41 Å². The van der Waals surface area contributed by atoms with Crippen molar-refractivity contribution in [3.8, 4) is 0 Å². The van der Waals surface area contributed by atoms with Crippen LogP contribution < -0.4 is 5.73 Å². The fourth-order valence-corrected chi connectivity index (χ4v) is 2.06. The number of nitrogens with one attached hydrogen (secondary N) is 1. The molecule has 0 amide bonds. The molecule has 0 atom stereocenters. The summed E-state index contributed by atoms with van der Waals surface area (Å²) in [6.07, 6.45) is 0. The van der Waals surface area contributed by atoms with E-state index in [-0.39, 0.29) is 5.84 Å². The molecule has 2 aromatic rings. The molecule has 0 aliphatic rings. The topological polar surface area (TPSA) is 93.5 Å². The number of hydrogen-bond donors (Lipinski definition) is 2. The van der Waals surface area contributed by atoms with Gasteiger partial charge in [0.15, 0.2) is 0 Å². The third-order valence-corrected chi connectivity index (χ3v) is 3.06. The molecule has 3 N–H and O–H groups in total. The molecule has 0 saturated heterocycles. The number of hydrogen-bond acceptors (Lipinski definition) is 5. The van der Waals surface area contributed by atoms with E-state index in [4.69, 9.17) is 11.1 Å². The Morgan fingerprint density at radius 2 is 2.19 bits per heavy atom. The van der Waals surface area contributed by atoms with E-state index in [9.17, 15) is 0 Å². The molecule has 16 heavy (non-hydrogen) atoms. The van der Waals surface area contributed by atoms with Gasteiger partial charge in [-0.05, 0) is 28.3 Å². The van der Waals surface area contributed by atoms with E-state index in [0.717, 1.165) is 4.90 Å². The van der Waals surface area contributed by atoms with Crippen LogP contribution in [-0.4, -0.2) is 26.0 Å². The predicted octanol–water partition coefficient (Wildman–Crippen LogP) is 0.645. The summed E-state index contributed by atoms with van der Waals surface area (Å²) in [6, 6.07) is 7.42. The van der Waals surface area contributed by atoms with Gasteiger partial charge in [0.2, 0.25) is 5.16 Å². The lowest BCUT2D eigenvalue weighted by Crippen LogP contribution is -2.12.